The second-order valence-electron chi connectivity index (χ2n) is 6.53. The van der Waals surface area contributed by atoms with Gasteiger partial charge in [0.25, 0.3) is 0 Å². The van der Waals surface area contributed by atoms with E-state index in [1.165, 1.54) is 12.1 Å². The highest BCUT2D eigenvalue weighted by atomic mass is 19.4. The third-order valence-electron chi connectivity index (χ3n) is 4.94. The molecule has 3 rings (SSSR count). The second kappa shape index (κ2) is 6.63. The maximum Gasteiger partial charge on any atom is 0.416 e. The molecular weight excluding hydrogens is 321 g/mol. The molecule has 4 nitrogen and oxygen atoms in total. The molecule has 1 saturated heterocycles. The first kappa shape index (κ1) is 17.1. The van der Waals surface area contributed by atoms with E-state index < -0.39 is 11.7 Å². The Morgan fingerprint density at radius 1 is 1.33 bits per heavy atom. The van der Waals surface area contributed by atoms with Gasteiger partial charge in [0.05, 0.1) is 12.1 Å². The molecule has 1 atom stereocenters. The fourth-order valence-corrected chi connectivity index (χ4v) is 3.42. The van der Waals surface area contributed by atoms with Gasteiger partial charge in [-0.15, -0.1) is 0 Å². The Morgan fingerprint density at radius 2 is 2.08 bits per heavy atom. The van der Waals surface area contributed by atoms with Crippen molar-refractivity contribution in [2.24, 2.45) is 11.3 Å². The van der Waals surface area contributed by atoms with E-state index in [4.69, 9.17) is 4.74 Å². The van der Waals surface area contributed by atoms with Crippen molar-refractivity contribution in [1.82, 2.24) is 10.6 Å². The van der Waals surface area contributed by atoms with Gasteiger partial charge in [-0.1, -0.05) is 6.07 Å². The number of nitrogens with one attached hydrogen (secondary N) is 2. The fraction of sp³-hybridized carbons (Fsp3) is 0.588. The van der Waals surface area contributed by atoms with Crippen LogP contribution in [0.4, 0.5) is 13.2 Å². The molecule has 1 saturated carbocycles. The summed E-state index contributed by atoms with van der Waals surface area (Å²) in [7, 11) is 0. The van der Waals surface area contributed by atoms with E-state index in [-0.39, 0.29) is 29.6 Å². The number of ether oxygens (including phenoxy) is 1. The molecule has 24 heavy (non-hydrogen) atoms. The molecule has 7 heteroatoms. The Hall–Kier alpha value is -1.76. The van der Waals surface area contributed by atoms with Crippen LogP contribution in [0.5, 0.6) is 5.75 Å². The standard InChI is InChI=1S/C17H21F3N2O2/c18-17(19,20)12-2-1-3-13(10-12)24-9-8-22-15(23)14-11-16(14)4-6-21-7-5-16/h1-3,10,14,21H,4-9,11H2,(H,22,23)/t14-/m1/s1. The van der Waals surface area contributed by atoms with Crippen LogP contribution < -0.4 is 15.4 Å². The van der Waals surface area contributed by atoms with E-state index in [0.29, 0.717) is 6.54 Å². The maximum absolute atomic E-state index is 12.6. The van der Waals surface area contributed by atoms with Gasteiger partial charge in [-0.05, 0) is 56.0 Å². The number of carbonyl (C=O) groups excluding carboxylic acids is 1. The Bertz CT molecular complexity index is 598. The number of piperidine rings is 1. The lowest BCUT2D eigenvalue weighted by Crippen LogP contribution is -2.35. The maximum atomic E-state index is 12.6. The van der Waals surface area contributed by atoms with Crippen LogP contribution in [-0.4, -0.2) is 32.1 Å². The summed E-state index contributed by atoms with van der Waals surface area (Å²) >= 11 is 0. The Kier molecular flexibility index (Phi) is 4.71. The zero-order valence-corrected chi connectivity index (χ0v) is 13.3. The largest absolute Gasteiger partial charge is 0.492 e. The summed E-state index contributed by atoms with van der Waals surface area (Å²) in [6.07, 6.45) is -1.38. The van der Waals surface area contributed by atoms with Crippen molar-refractivity contribution < 1.29 is 22.7 Å². The summed E-state index contributed by atoms with van der Waals surface area (Å²) in [4.78, 5) is 12.1. The Labute approximate surface area is 138 Å². The molecule has 0 radical (unpaired) electrons. The Morgan fingerprint density at radius 3 is 2.79 bits per heavy atom. The fourth-order valence-electron chi connectivity index (χ4n) is 3.42. The molecular formula is C17H21F3N2O2. The minimum atomic E-state index is -4.39. The Balaban J connectivity index is 1.41. The zero-order chi connectivity index (χ0) is 17.2. The zero-order valence-electron chi connectivity index (χ0n) is 13.3. The van der Waals surface area contributed by atoms with E-state index in [1.54, 1.807) is 0 Å². The number of carbonyl (C=O) groups is 1. The average molecular weight is 342 g/mol. The van der Waals surface area contributed by atoms with Crippen LogP contribution in [0.25, 0.3) is 0 Å². The van der Waals surface area contributed by atoms with E-state index in [1.807, 2.05) is 0 Å². The van der Waals surface area contributed by atoms with Gasteiger partial charge in [0, 0.05) is 5.92 Å². The molecule has 1 aromatic carbocycles. The summed E-state index contributed by atoms with van der Waals surface area (Å²) in [6, 6.07) is 4.75. The van der Waals surface area contributed by atoms with Gasteiger partial charge in [-0.3, -0.25) is 4.79 Å². The van der Waals surface area contributed by atoms with Crippen LogP contribution in [0, 0.1) is 11.3 Å². The quantitative estimate of drug-likeness (QED) is 0.809. The van der Waals surface area contributed by atoms with Crippen molar-refractivity contribution in [3.8, 4) is 5.75 Å². The lowest BCUT2D eigenvalue weighted by Gasteiger charge is -2.23. The molecule has 1 aliphatic carbocycles. The van der Waals surface area contributed by atoms with Crippen LogP contribution in [0.3, 0.4) is 0 Å². The lowest BCUT2D eigenvalue weighted by molar-refractivity contribution is -0.137. The van der Waals surface area contributed by atoms with Gasteiger partial charge in [-0.2, -0.15) is 13.2 Å². The molecule has 132 valence electrons. The van der Waals surface area contributed by atoms with Crippen LogP contribution in [0.1, 0.15) is 24.8 Å². The van der Waals surface area contributed by atoms with Crippen LogP contribution in [0.2, 0.25) is 0 Å². The summed E-state index contributed by atoms with van der Waals surface area (Å²) < 4.78 is 43.1. The molecule has 2 N–H and O–H groups in total. The highest BCUT2D eigenvalue weighted by Crippen LogP contribution is 2.58. The number of alkyl halides is 3. The molecule has 0 bridgehead atoms. The predicted octanol–water partition coefficient (Wildman–Crippen LogP) is 2.59. The number of hydrogen-bond donors (Lipinski definition) is 2. The first-order valence-electron chi connectivity index (χ1n) is 8.19. The van der Waals surface area contributed by atoms with Crippen molar-refractivity contribution in [3.63, 3.8) is 0 Å². The van der Waals surface area contributed by atoms with Gasteiger partial charge < -0.3 is 15.4 Å². The summed E-state index contributed by atoms with van der Waals surface area (Å²) in [5, 5.41) is 6.12. The van der Waals surface area contributed by atoms with Crippen molar-refractivity contribution in [1.29, 1.82) is 0 Å². The second-order valence-corrected chi connectivity index (χ2v) is 6.53. The number of rotatable bonds is 5. The molecule has 0 aromatic heterocycles. The first-order valence-corrected chi connectivity index (χ1v) is 8.19. The van der Waals surface area contributed by atoms with Gasteiger partial charge in [0.2, 0.25) is 5.91 Å². The van der Waals surface area contributed by atoms with Crippen molar-refractivity contribution in [2.75, 3.05) is 26.2 Å². The molecule has 1 aliphatic heterocycles. The van der Waals surface area contributed by atoms with Gasteiger partial charge in [0.1, 0.15) is 12.4 Å². The topological polar surface area (TPSA) is 50.4 Å². The summed E-state index contributed by atoms with van der Waals surface area (Å²) in [5.74, 6) is 0.262. The van der Waals surface area contributed by atoms with Gasteiger partial charge in [-0.25, -0.2) is 0 Å². The number of amides is 1. The van der Waals surface area contributed by atoms with E-state index in [9.17, 15) is 18.0 Å². The molecule has 1 heterocycles. The van der Waals surface area contributed by atoms with Crippen LogP contribution in [0.15, 0.2) is 24.3 Å². The third-order valence-corrected chi connectivity index (χ3v) is 4.94. The van der Waals surface area contributed by atoms with Crippen LogP contribution >= 0.6 is 0 Å². The monoisotopic (exact) mass is 342 g/mol. The molecule has 1 spiro atoms. The average Bonchev–Trinajstić information content (AvgIpc) is 3.25. The normalized spacial score (nSPS) is 22.2. The predicted molar refractivity (Wildman–Crippen MR) is 82.6 cm³/mol. The smallest absolute Gasteiger partial charge is 0.416 e. The molecule has 2 aliphatic rings. The van der Waals surface area contributed by atoms with Crippen molar-refractivity contribution in [3.05, 3.63) is 29.8 Å². The van der Waals surface area contributed by atoms with E-state index in [2.05, 4.69) is 10.6 Å². The molecule has 1 amide bonds. The van der Waals surface area contributed by atoms with E-state index >= 15 is 0 Å². The van der Waals surface area contributed by atoms with Crippen molar-refractivity contribution in [2.45, 2.75) is 25.4 Å². The molecule has 2 fully saturated rings. The minimum Gasteiger partial charge on any atom is -0.492 e. The van der Waals surface area contributed by atoms with Gasteiger partial charge in [0.15, 0.2) is 0 Å². The number of benzene rings is 1. The summed E-state index contributed by atoms with van der Waals surface area (Å²) in [5.41, 5.74) is -0.563. The number of hydrogen-bond acceptors (Lipinski definition) is 3. The minimum absolute atomic E-state index is 0.0320. The molecule has 1 aromatic rings. The van der Waals surface area contributed by atoms with E-state index in [0.717, 1.165) is 44.5 Å². The van der Waals surface area contributed by atoms with Crippen LogP contribution in [-0.2, 0) is 11.0 Å². The van der Waals surface area contributed by atoms with Gasteiger partial charge >= 0.3 is 6.18 Å². The highest BCUT2D eigenvalue weighted by Gasteiger charge is 2.57. The first-order chi connectivity index (χ1) is 11.4. The highest BCUT2D eigenvalue weighted by molar-refractivity contribution is 5.82. The summed E-state index contributed by atoms with van der Waals surface area (Å²) in [6.45, 7) is 2.36. The number of halogens is 3. The molecule has 0 unspecified atom stereocenters. The van der Waals surface area contributed by atoms with Crippen molar-refractivity contribution >= 4 is 5.91 Å². The lowest BCUT2D eigenvalue weighted by atomic mass is 9.92. The SMILES string of the molecule is O=C(NCCOc1cccc(C(F)(F)F)c1)[C@H]1CC12CCNCC2. The third kappa shape index (κ3) is 3.83.